The molecule has 326 valence electrons. The van der Waals surface area contributed by atoms with Crippen LogP contribution in [0.1, 0.15) is 315 Å². The molecule has 1 rings (SSSR count). The van der Waals surface area contributed by atoms with Crippen LogP contribution in [0.4, 0.5) is 0 Å². The lowest BCUT2D eigenvalue weighted by atomic mass is 10.0. The summed E-state index contributed by atoms with van der Waals surface area (Å²) in [6, 6.07) is 0. The van der Waals surface area contributed by atoms with Crippen molar-refractivity contribution in [3.63, 3.8) is 0 Å². The number of aromatic nitrogens is 2. The van der Waals surface area contributed by atoms with E-state index in [1.54, 1.807) is 5.69 Å². The molecular formula is C53H105N2+. The molecule has 0 aliphatic heterocycles. The highest BCUT2D eigenvalue weighted by Gasteiger charge is 2.17. The molecule has 55 heavy (non-hydrogen) atoms. The molecule has 0 unspecified atom stereocenters. The number of unbranched alkanes of at least 4 members (excludes halogenated alkanes) is 41. The molecule has 0 aromatic carbocycles. The van der Waals surface area contributed by atoms with Crippen LogP contribution >= 0.6 is 0 Å². The maximum Gasteiger partial charge on any atom is 0.254 e. The fraction of sp³-hybridized carbons (Fsp3) is 0.943. The summed E-state index contributed by atoms with van der Waals surface area (Å²) in [6.07, 6.45) is 68.5. The van der Waals surface area contributed by atoms with Gasteiger partial charge in [-0.25, -0.2) is 9.55 Å². The second-order valence-electron chi connectivity index (χ2n) is 18.4. The number of nitrogens with zero attached hydrogens (tertiary/aromatic N) is 1. The smallest absolute Gasteiger partial charge is 0.247 e. The third-order valence-corrected chi connectivity index (χ3v) is 12.9. The summed E-state index contributed by atoms with van der Waals surface area (Å²) in [7, 11) is 0. The van der Waals surface area contributed by atoms with Gasteiger partial charge < -0.3 is 0 Å². The van der Waals surface area contributed by atoms with Crippen molar-refractivity contribution in [2.75, 3.05) is 0 Å². The van der Waals surface area contributed by atoms with Gasteiger partial charge in [0.1, 0.15) is 11.9 Å². The first kappa shape index (κ1) is 52.2. The van der Waals surface area contributed by atoms with Crippen molar-refractivity contribution in [1.29, 1.82) is 0 Å². The quantitative estimate of drug-likeness (QED) is 0.0503. The Morgan fingerprint density at radius 2 is 0.527 bits per heavy atom. The fourth-order valence-electron chi connectivity index (χ4n) is 8.99. The molecule has 1 aromatic rings. The molecule has 0 saturated heterocycles. The van der Waals surface area contributed by atoms with Crippen LogP contribution in [-0.2, 0) is 19.4 Å². The molecule has 0 atom stereocenters. The topological polar surface area (TPSA) is 19.7 Å². The Morgan fingerprint density at radius 3 is 0.818 bits per heavy atom. The van der Waals surface area contributed by atoms with Gasteiger partial charge in [0.15, 0.2) is 0 Å². The number of hydrogen-bond acceptors (Lipinski definition) is 0. The summed E-state index contributed by atoms with van der Waals surface area (Å²) >= 11 is 0. The minimum Gasteiger partial charge on any atom is -0.247 e. The largest absolute Gasteiger partial charge is 0.254 e. The standard InChI is InChI=1S/C53H104N2/c1-4-7-10-13-16-19-22-25-27-28-30-32-34-37-40-43-46-49-53-54-51-52(55(53)50-47-44-41-38-35-24-21-18-15-12-9-6-3)48-45-42-39-36-33-31-29-26-23-20-17-14-11-8-5-2/h51H,4-50H2,1-3H3/p+1. The van der Waals surface area contributed by atoms with Crippen molar-refractivity contribution in [1.82, 2.24) is 4.98 Å². The average molecular weight is 770 g/mol. The maximum absolute atomic E-state index is 3.79. The lowest BCUT2D eigenvalue weighted by Gasteiger charge is -2.07. The van der Waals surface area contributed by atoms with E-state index >= 15 is 0 Å². The summed E-state index contributed by atoms with van der Waals surface area (Å²) in [6.45, 7) is 8.19. The molecule has 0 bridgehead atoms. The highest BCUT2D eigenvalue weighted by atomic mass is 15.1. The van der Waals surface area contributed by atoms with Gasteiger partial charge in [-0.3, -0.25) is 0 Å². The van der Waals surface area contributed by atoms with Crippen molar-refractivity contribution in [3.8, 4) is 0 Å². The van der Waals surface area contributed by atoms with Crippen LogP contribution in [0, 0.1) is 0 Å². The molecule has 1 heterocycles. The van der Waals surface area contributed by atoms with Crippen molar-refractivity contribution in [2.24, 2.45) is 0 Å². The second kappa shape index (κ2) is 44.3. The third-order valence-electron chi connectivity index (χ3n) is 12.9. The predicted octanol–water partition coefficient (Wildman–Crippen LogP) is 18.6. The monoisotopic (exact) mass is 770 g/mol. The first-order valence-electron chi connectivity index (χ1n) is 26.4. The third kappa shape index (κ3) is 36.1. The number of aromatic amines is 1. The van der Waals surface area contributed by atoms with Crippen LogP contribution in [0.15, 0.2) is 6.20 Å². The Bertz CT molecular complexity index is 841. The SMILES string of the molecule is CCCCCCCCCCCCCCCCCCCc1[nH]cc(CCCCCCCCCCCCCCCCC)[n+]1CCCCCCCCCCCCCC. The van der Waals surface area contributed by atoms with Gasteiger partial charge in [0, 0.05) is 12.8 Å². The van der Waals surface area contributed by atoms with Gasteiger partial charge in [-0.15, -0.1) is 0 Å². The van der Waals surface area contributed by atoms with Crippen molar-refractivity contribution < 1.29 is 4.57 Å². The zero-order valence-corrected chi connectivity index (χ0v) is 38.8. The molecule has 0 saturated carbocycles. The van der Waals surface area contributed by atoms with E-state index in [2.05, 4.69) is 36.5 Å². The first-order chi connectivity index (χ1) is 27.3. The number of H-pyrrole nitrogens is 1. The summed E-state index contributed by atoms with van der Waals surface area (Å²) < 4.78 is 2.74. The summed E-state index contributed by atoms with van der Waals surface area (Å²) in [5.74, 6) is 1.53. The Hall–Kier alpha value is -0.790. The molecule has 0 aliphatic carbocycles. The molecule has 2 heteroatoms. The number of aryl methyl sites for hydroxylation is 2. The number of nitrogens with one attached hydrogen (secondary N) is 1. The molecule has 0 fully saturated rings. The normalized spacial score (nSPS) is 11.7. The second-order valence-corrected chi connectivity index (χ2v) is 18.4. The van der Waals surface area contributed by atoms with E-state index in [-0.39, 0.29) is 0 Å². The van der Waals surface area contributed by atoms with Crippen LogP contribution < -0.4 is 4.57 Å². The minimum atomic E-state index is 1.24. The van der Waals surface area contributed by atoms with Crippen molar-refractivity contribution >= 4 is 0 Å². The lowest BCUT2D eigenvalue weighted by Crippen LogP contribution is -2.40. The number of rotatable bonds is 47. The van der Waals surface area contributed by atoms with Gasteiger partial charge >= 0.3 is 0 Å². The number of hydrogen-bond donors (Lipinski definition) is 1. The van der Waals surface area contributed by atoms with Crippen LogP contribution in [0.5, 0.6) is 0 Å². The molecule has 2 nitrogen and oxygen atoms in total. The van der Waals surface area contributed by atoms with E-state index in [9.17, 15) is 0 Å². The van der Waals surface area contributed by atoms with Gasteiger partial charge in [0.25, 0.3) is 5.82 Å². The maximum atomic E-state index is 3.79. The first-order valence-corrected chi connectivity index (χ1v) is 26.4. The highest BCUT2D eigenvalue weighted by molar-refractivity contribution is 4.92. The van der Waals surface area contributed by atoms with Gasteiger partial charge in [0.05, 0.1) is 6.54 Å². The average Bonchev–Trinajstić information content (AvgIpc) is 3.58. The molecule has 0 radical (unpaired) electrons. The minimum absolute atomic E-state index is 1.24. The van der Waals surface area contributed by atoms with Gasteiger partial charge in [-0.05, 0) is 25.7 Å². The fourth-order valence-corrected chi connectivity index (χ4v) is 8.99. The van der Waals surface area contributed by atoms with E-state index in [1.165, 1.54) is 308 Å². The predicted molar refractivity (Wildman–Crippen MR) is 249 cm³/mol. The lowest BCUT2D eigenvalue weighted by molar-refractivity contribution is -0.710. The zero-order chi connectivity index (χ0) is 39.4. The van der Waals surface area contributed by atoms with E-state index < -0.39 is 0 Å². The Balaban J connectivity index is 2.24. The van der Waals surface area contributed by atoms with Gasteiger partial charge in [-0.1, -0.05) is 278 Å². The molecule has 1 aromatic heterocycles. The van der Waals surface area contributed by atoms with Crippen LogP contribution in [0.2, 0.25) is 0 Å². The van der Waals surface area contributed by atoms with E-state index in [0.29, 0.717) is 0 Å². The Morgan fingerprint density at radius 1 is 0.291 bits per heavy atom. The molecule has 0 amide bonds. The Kier molecular flexibility index (Phi) is 42.1. The molecular weight excluding hydrogens is 665 g/mol. The number of imidazole rings is 1. The molecule has 1 N–H and O–H groups in total. The summed E-state index contributed by atoms with van der Waals surface area (Å²) in [5.41, 5.74) is 1.60. The van der Waals surface area contributed by atoms with E-state index in [4.69, 9.17) is 0 Å². The highest BCUT2D eigenvalue weighted by Crippen LogP contribution is 2.17. The van der Waals surface area contributed by atoms with Crippen molar-refractivity contribution in [2.45, 2.75) is 323 Å². The van der Waals surface area contributed by atoms with Gasteiger partial charge in [-0.2, -0.15) is 0 Å². The summed E-state index contributed by atoms with van der Waals surface area (Å²) in [4.78, 5) is 3.79. The molecule has 0 spiro atoms. The zero-order valence-electron chi connectivity index (χ0n) is 38.8. The van der Waals surface area contributed by atoms with Crippen LogP contribution in [-0.4, -0.2) is 4.98 Å². The van der Waals surface area contributed by atoms with Crippen LogP contribution in [0.25, 0.3) is 0 Å². The summed E-state index contributed by atoms with van der Waals surface area (Å²) in [5, 5.41) is 0. The van der Waals surface area contributed by atoms with E-state index in [0.717, 1.165) is 0 Å². The van der Waals surface area contributed by atoms with E-state index in [1.807, 2.05) is 0 Å². The van der Waals surface area contributed by atoms with Gasteiger partial charge in [0.2, 0.25) is 0 Å². The molecule has 0 aliphatic rings. The van der Waals surface area contributed by atoms with Crippen molar-refractivity contribution in [3.05, 3.63) is 17.7 Å². The Labute approximate surface area is 348 Å². The van der Waals surface area contributed by atoms with Crippen LogP contribution in [0.3, 0.4) is 0 Å².